The molecule has 0 N–H and O–H groups in total. The smallest absolute Gasteiger partial charge is 0.123 e. The summed E-state index contributed by atoms with van der Waals surface area (Å²) < 4.78 is 25.3. The van der Waals surface area contributed by atoms with E-state index in [9.17, 15) is 4.39 Å². The summed E-state index contributed by atoms with van der Waals surface area (Å²) in [7, 11) is 0. The van der Waals surface area contributed by atoms with Gasteiger partial charge in [0.2, 0.25) is 0 Å². The molecule has 1 saturated heterocycles. The first-order chi connectivity index (χ1) is 12.3. The Morgan fingerprint density at radius 3 is 2.84 bits per heavy atom. The van der Waals surface area contributed by atoms with Crippen LogP contribution >= 0.6 is 0 Å². The summed E-state index contributed by atoms with van der Waals surface area (Å²) >= 11 is 0. The Kier molecular flexibility index (Phi) is 5.06. The molecule has 5 heteroatoms. The second-order valence-electron chi connectivity index (χ2n) is 6.75. The fourth-order valence-electron chi connectivity index (χ4n) is 3.87. The molecule has 2 fully saturated rings. The molecule has 1 aliphatic carbocycles. The van der Waals surface area contributed by atoms with Gasteiger partial charge in [0.15, 0.2) is 0 Å². The third kappa shape index (κ3) is 3.89. The van der Waals surface area contributed by atoms with Crippen molar-refractivity contribution in [3.63, 3.8) is 0 Å². The highest BCUT2D eigenvalue weighted by molar-refractivity contribution is 5.16. The summed E-state index contributed by atoms with van der Waals surface area (Å²) in [6.07, 6.45) is 4.08. The van der Waals surface area contributed by atoms with Gasteiger partial charge < -0.3 is 9.47 Å². The molecule has 4 nitrogen and oxygen atoms in total. The van der Waals surface area contributed by atoms with Crippen molar-refractivity contribution in [1.82, 2.24) is 9.88 Å². The van der Waals surface area contributed by atoms with Gasteiger partial charge in [-0.05, 0) is 42.7 Å². The number of pyridine rings is 1. The van der Waals surface area contributed by atoms with Crippen molar-refractivity contribution in [2.45, 2.75) is 44.2 Å². The van der Waals surface area contributed by atoms with E-state index >= 15 is 0 Å². The summed E-state index contributed by atoms with van der Waals surface area (Å²) in [5, 5.41) is 0. The molecule has 2 aromatic rings. The first-order valence-electron chi connectivity index (χ1n) is 8.91. The molecule has 1 saturated carbocycles. The minimum absolute atomic E-state index is 0.109. The van der Waals surface area contributed by atoms with Crippen molar-refractivity contribution in [1.29, 1.82) is 0 Å². The largest absolute Gasteiger partial charge is 0.373 e. The topological polar surface area (TPSA) is 34.6 Å². The van der Waals surface area contributed by atoms with Crippen LogP contribution in [0.5, 0.6) is 0 Å². The van der Waals surface area contributed by atoms with Gasteiger partial charge in [-0.15, -0.1) is 0 Å². The molecular weight excluding hydrogens is 319 g/mol. The van der Waals surface area contributed by atoms with Crippen molar-refractivity contribution in [3.8, 4) is 0 Å². The number of hydrogen-bond donors (Lipinski definition) is 0. The first-order valence-corrected chi connectivity index (χ1v) is 8.91. The van der Waals surface area contributed by atoms with E-state index in [1.807, 2.05) is 30.3 Å². The van der Waals surface area contributed by atoms with Crippen LogP contribution in [0.15, 0.2) is 48.7 Å². The van der Waals surface area contributed by atoms with Crippen molar-refractivity contribution in [2.24, 2.45) is 0 Å². The van der Waals surface area contributed by atoms with E-state index in [2.05, 4.69) is 9.88 Å². The quantitative estimate of drug-likeness (QED) is 0.836. The fraction of sp³-hybridized carbons (Fsp3) is 0.450. The minimum atomic E-state index is -0.188. The standard InChI is InChI=1S/C20H23FN2O2/c21-16-6-4-15(5-7-16)13-23-11-12-24-20-18(23)8-9-19(20)25-14-17-3-1-2-10-22-17/h1-7,10,18-20H,8-9,11-14H2/t18-,19+,20+/m0/s1. The van der Waals surface area contributed by atoms with Gasteiger partial charge in [-0.25, -0.2) is 4.39 Å². The monoisotopic (exact) mass is 342 g/mol. The number of rotatable bonds is 5. The van der Waals surface area contributed by atoms with Crippen LogP contribution in [0.1, 0.15) is 24.1 Å². The molecule has 2 aliphatic rings. The average Bonchev–Trinajstić information content (AvgIpc) is 3.07. The van der Waals surface area contributed by atoms with Gasteiger partial charge >= 0.3 is 0 Å². The SMILES string of the molecule is Fc1ccc(CN2CCO[C@H]3[C@H](OCc4ccccn4)CC[C@@H]32)cc1. The number of morpholine rings is 1. The summed E-state index contributed by atoms with van der Waals surface area (Å²) in [4.78, 5) is 6.76. The molecule has 0 spiro atoms. The second-order valence-corrected chi connectivity index (χ2v) is 6.75. The first kappa shape index (κ1) is 16.6. The molecule has 1 aromatic carbocycles. The van der Waals surface area contributed by atoms with Gasteiger partial charge in [0, 0.05) is 25.3 Å². The highest BCUT2D eigenvalue weighted by Crippen LogP contribution is 2.33. The van der Waals surface area contributed by atoms with Crippen molar-refractivity contribution in [3.05, 3.63) is 65.7 Å². The maximum Gasteiger partial charge on any atom is 0.123 e. The van der Waals surface area contributed by atoms with Gasteiger partial charge in [-0.2, -0.15) is 0 Å². The van der Waals surface area contributed by atoms with E-state index in [1.165, 1.54) is 12.1 Å². The molecule has 1 aromatic heterocycles. The normalized spacial score (nSPS) is 26.5. The molecule has 0 amide bonds. The summed E-state index contributed by atoms with van der Waals surface area (Å²) in [6, 6.07) is 13.0. The van der Waals surface area contributed by atoms with Crippen LogP contribution < -0.4 is 0 Å². The zero-order valence-electron chi connectivity index (χ0n) is 14.2. The van der Waals surface area contributed by atoms with Crippen LogP contribution in [0, 0.1) is 5.82 Å². The van der Waals surface area contributed by atoms with Crippen LogP contribution in [-0.4, -0.2) is 41.3 Å². The molecule has 0 unspecified atom stereocenters. The van der Waals surface area contributed by atoms with Crippen LogP contribution in [0.2, 0.25) is 0 Å². The molecule has 132 valence electrons. The van der Waals surface area contributed by atoms with Crippen molar-refractivity contribution >= 4 is 0 Å². The molecule has 3 atom stereocenters. The predicted molar refractivity (Wildman–Crippen MR) is 92.4 cm³/mol. The number of aromatic nitrogens is 1. The minimum Gasteiger partial charge on any atom is -0.373 e. The zero-order valence-corrected chi connectivity index (χ0v) is 14.2. The fourth-order valence-corrected chi connectivity index (χ4v) is 3.87. The lowest BCUT2D eigenvalue weighted by molar-refractivity contribution is -0.119. The number of fused-ring (bicyclic) bond motifs is 1. The Balaban J connectivity index is 1.37. The van der Waals surface area contributed by atoms with E-state index in [4.69, 9.17) is 9.47 Å². The van der Waals surface area contributed by atoms with E-state index in [0.29, 0.717) is 19.3 Å². The maximum absolute atomic E-state index is 13.1. The van der Waals surface area contributed by atoms with E-state index in [0.717, 1.165) is 37.2 Å². The predicted octanol–water partition coefficient (Wildman–Crippen LogP) is 3.17. The average molecular weight is 342 g/mol. The lowest BCUT2D eigenvalue weighted by Gasteiger charge is -2.39. The summed E-state index contributed by atoms with van der Waals surface area (Å²) in [5.74, 6) is -0.188. The Morgan fingerprint density at radius 1 is 1.16 bits per heavy atom. The van der Waals surface area contributed by atoms with Gasteiger partial charge in [0.25, 0.3) is 0 Å². The Hall–Kier alpha value is -1.82. The van der Waals surface area contributed by atoms with Gasteiger partial charge in [0.05, 0.1) is 31.1 Å². The lowest BCUT2D eigenvalue weighted by atomic mass is 10.1. The van der Waals surface area contributed by atoms with Crippen LogP contribution in [0.3, 0.4) is 0 Å². The van der Waals surface area contributed by atoms with Crippen molar-refractivity contribution in [2.75, 3.05) is 13.2 Å². The summed E-state index contributed by atoms with van der Waals surface area (Å²) in [6.45, 7) is 2.98. The number of benzene rings is 1. The molecular formula is C20H23FN2O2. The van der Waals surface area contributed by atoms with Crippen molar-refractivity contribution < 1.29 is 13.9 Å². The van der Waals surface area contributed by atoms with Gasteiger partial charge in [-0.1, -0.05) is 18.2 Å². The zero-order chi connectivity index (χ0) is 17.1. The highest BCUT2D eigenvalue weighted by Gasteiger charge is 2.43. The van der Waals surface area contributed by atoms with Crippen LogP contribution in [-0.2, 0) is 22.6 Å². The van der Waals surface area contributed by atoms with Gasteiger partial charge in [0.1, 0.15) is 5.82 Å². The highest BCUT2D eigenvalue weighted by atomic mass is 19.1. The number of ether oxygens (including phenoxy) is 2. The summed E-state index contributed by atoms with van der Waals surface area (Å²) in [5.41, 5.74) is 2.09. The molecule has 4 rings (SSSR count). The van der Waals surface area contributed by atoms with E-state index < -0.39 is 0 Å². The molecule has 0 radical (unpaired) electrons. The Morgan fingerprint density at radius 2 is 2.04 bits per heavy atom. The van der Waals surface area contributed by atoms with Gasteiger partial charge in [-0.3, -0.25) is 9.88 Å². The number of hydrogen-bond acceptors (Lipinski definition) is 4. The Labute approximate surface area is 147 Å². The number of halogens is 1. The van der Waals surface area contributed by atoms with Crippen LogP contribution in [0.4, 0.5) is 4.39 Å². The van der Waals surface area contributed by atoms with E-state index in [-0.39, 0.29) is 18.0 Å². The van der Waals surface area contributed by atoms with E-state index in [1.54, 1.807) is 6.20 Å². The molecule has 0 bridgehead atoms. The molecule has 2 heterocycles. The Bertz CT molecular complexity index is 680. The lowest BCUT2D eigenvalue weighted by Crippen LogP contribution is -2.51. The third-order valence-electron chi connectivity index (χ3n) is 5.12. The molecule has 25 heavy (non-hydrogen) atoms. The van der Waals surface area contributed by atoms with Crippen LogP contribution in [0.25, 0.3) is 0 Å². The maximum atomic E-state index is 13.1. The second kappa shape index (κ2) is 7.60. The third-order valence-corrected chi connectivity index (χ3v) is 5.12. The molecule has 1 aliphatic heterocycles. The number of nitrogens with zero attached hydrogens (tertiary/aromatic N) is 2.